The van der Waals surface area contributed by atoms with E-state index in [2.05, 4.69) is 18.2 Å². The van der Waals surface area contributed by atoms with Gasteiger partial charge in [-0.1, -0.05) is 0 Å². The zero-order valence-corrected chi connectivity index (χ0v) is 10.9. The second-order valence-corrected chi connectivity index (χ2v) is 5.37. The number of amides is 1. The van der Waals surface area contributed by atoms with E-state index in [0.29, 0.717) is 0 Å². The van der Waals surface area contributed by atoms with Gasteiger partial charge in [0.15, 0.2) is 0 Å². The van der Waals surface area contributed by atoms with Gasteiger partial charge >= 0.3 is 0 Å². The van der Waals surface area contributed by atoms with Gasteiger partial charge in [0.1, 0.15) is 0 Å². The maximum atomic E-state index is 11.4. The molecule has 0 spiro atoms. The molecule has 0 aromatic heterocycles. The van der Waals surface area contributed by atoms with E-state index >= 15 is 0 Å². The number of benzene rings is 1. The molecule has 17 heavy (non-hydrogen) atoms. The molecule has 1 aromatic carbocycles. The SMILES string of the molecule is CC(=O)N1CCc2cc(SCCCN)ccc21. The van der Waals surface area contributed by atoms with Crippen molar-refractivity contribution in [2.75, 3.05) is 23.7 Å². The molecule has 1 amide bonds. The molecule has 0 bridgehead atoms. The number of hydrogen-bond donors (Lipinski definition) is 1. The Balaban J connectivity index is 2.08. The lowest BCUT2D eigenvalue weighted by atomic mass is 10.2. The minimum Gasteiger partial charge on any atom is -0.330 e. The first-order valence-corrected chi connectivity index (χ1v) is 6.95. The molecule has 1 aliphatic rings. The third-order valence-corrected chi connectivity index (χ3v) is 4.02. The summed E-state index contributed by atoms with van der Waals surface area (Å²) in [4.78, 5) is 14.5. The summed E-state index contributed by atoms with van der Waals surface area (Å²) in [5.41, 5.74) is 7.85. The summed E-state index contributed by atoms with van der Waals surface area (Å²) in [7, 11) is 0. The Labute approximate surface area is 106 Å². The summed E-state index contributed by atoms with van der Waals surface area (Å²) in [6.07, 6.45) is 2.02. The first-order chi connectivity index (χ1) is 8.22. The fourth-order valence-electron chi connectivity index (χ4n) is 2.07. The van der Waals surface area contributed by atoms with Crippen LogP contribution in [0.4, 0.5) is 5.69 Å². The zero-order chi connectivity index (χ0) is 12.3. The van der Waals surface area contributed by atoms with Crippen LogP contribution in [0.2, 0.25) is 0 Å². The van der Waals surface area contributed by atoms with Gasteiger partial charge in [0.2, 0.25) is 5.91 Å². The first-order valence-electron chi connectivity index (χ1n) is 5.96. The predicted octanol–water partition coefficient (Wildman–Crippen LogP) is 2.04. The van der Waals surface area contributed by atoms with Crippen LogP contribution in [0.1, 0.15) is 18.9 Å². The fourth-order valence-corrected chi connectivity index (χ4v) is 3.00. The minimum absolute atomic E-state index is 0.132. The van der Waals surface area contributed by atoms with E-state index in [1.54, 1.807) is 6.92 Å². The van der Waals surface area contributed by atoms with Gasteiger partial charge in [-0.15, -0.1) is 11.8 Å². The molecule has 1 aromatic rings. The van der Waals surface area contributed by atoms with Crippen molar-refractivity contribution in [2.45, 2.75) is 24.7 Å². The van der Waals surface area contributed by atoms with Crippen molar-refractivity contribution in [1.82, 2.24) is 0 Å². The highest BCUT2D eigenvalue weighted by atomic mass is 32.2. The van der Waals surface area contributed by atoms with Crippen molar-refractivity contribution in [3.8, 4) is 0 Å². The van der Waals surface area contributed by atoms with Crippen LogP contribution >= 0.6 is 11.8 Å². The molecule has 4 heteroatoms. The van der Waals surface area contributed by atoms with Crippen LogP contribution in [0.25, 0.3) is 0 Å². The largest absolute Gasteiger partial charge is 0.330 e. The Kier molecular flexibility index (Phi) is 4.07. The highest BCUT2D eigenvalue weighted by Crippen LogP contribution is 2.32. The molecule has 1 heterocycles. The van der Waals surface area contributed by atoms with Crippen LogP contribution in [0.15, 0.2) is 23.1 Å². The number of thioether (sulfide) groups is 1. The molecular formula is C13H18N2OS. The molecular weight excluding hydrogens is 232 g/mol. The molecule has 0 saturated heterocycles. The van der Waals surface area contributed by atoms with Gasteiger partial charge in [0.25, 0.3) is 0 Å². The van der Waals surface area contributed by atoms with Crippen LogP contribution in [-0.2, 0) is 11.2 Å². The van der Waals surface area contributed by atoms with Gasteiger partial charge in [-0.05, 0) is 48.9 Å². The maximum absolute atomic E-state index is 11.4. The summed E-state index contributed by atoms with van der Waals surface area (Å²) in [5, 5.41) is 0. The van der Waals surface area contributed by atoms with Crippen molar-refractivity contribution >= 4 is 23.4 Å². The zero-order valence-electron chi connectivity index (χ0n) is 10.1. The number of hydrogen-bond acceptors (Lipinski definition) is 3. The van der Waals surface area contributed by atoms with E-state index in [1.165, 1.54) is 10.5 Å². The number of anilines is 1. The average molecular weight is 250 g/mol. The second-order valence-electron chi connectivity index (χ2n) is 4.20. The normalized spacial score (nSPS) is 13.9. The maximum Gasteiger partial charge on any atom is 0.223 e. The smallest absolute Gasteiger partial charge is 0.223 e. The van der Waals surface area contributed by atoms with Crippen LogP contribution in [0, 0.1) is 0 Å². The summed E-state index contributed by atoms with van der Waals surface area (Å²) in [6.45, 7) is 3.19. The molecule has 0 unspecified atom stereocenters. The van der Waals surface area contributed by atoms with Gasteiger partial charge in [-0.25, -0.2) is 0 Å². The van der Waals surface area contributed by atoms with Crippen LogP contribution in [0.3, 0.4) is 0 Å². The Hall–Kier alpha value is -1.00. The monoisotopic (exact) mass is 250 g/mol. The summed E-state index contributed by atoms with van der Waals surface area (Å²) in [6, 6.07) is 6.37. The van der Waals surface area contributed by atoms with Crippen molar-refractivity contribution in [3.63, 3.8) is 0 Å². The van der Waals surface area contributed by atoms with Crippen molar-refractivity contribution in [2.24, 2.45) is 5.73 Å². The number of carbonyl (C=O) groups excluding carboxylic acids is 1. The molecule has 0 fully saturated rings. The summed E-state index contributed by atoms with van der Waals surface area (Å²) in [5.74, 6) is 1.19. The van der Waals surface area contributed by atoms with Crippen molar-refractivity contribution < 1.29 is 4.79 Å². The molecule has 2 rings (SSSR count). The lowest BCUT2D eigenvalue weighted by Gasteiger charge is -2.14. The molecule has 1 aliphatic heterocycles. The molecule has 0 radical (unpaired) electrons. The molecule has 92 valence electrons. The Morgan fingerprint density at radius 1 is 1.53 bits per heavy atom. The van der Waals surface area contributed by atoms with E-state index in [1.807, 2.05) is 16.7 Å². The lowest BCUT2D eigenvalue weighted by molar-refractivity contribution is -0.116. The summed E-state index contributed by atoms with van der Waals surface area (Å²) < 4.78 is 0. The van der Waals surface area contributed by atoms with Gasteiger partial charge in [-0.3, -0.25) is 4.79 Å². The topological polar surface area (TPSA) is 46.3 Å². The molecule has 0 atom stereocenters. The highest BCUT2D eigenvalue weighted by Gasteiger charge is 2.21. The minimum atomic E-state index is 0.132. The van der Waals surface area contributed by atoms with Crippen LogP contribution in [-0.4, -0.2) is 24.7 Å². The van der Waals surface area contributed by atoms with Crippen LogP contribution < -0.4 is 10.6 Å². The van der Waals surface area contributed by atoms with E-state index in [0.717, 1.165) is 37.4 Å². The van der Waals surface area contributed by atoms with E-state index in [4.69, 9.17) is 5.73 Å². The number of nitrogens with two attached hydrogens (primary N) is 1. The number of rotatable bonds is 4. The predicted molar refractivity (Wildman–Crippen MR) is 72.6 cm³/mol. The van der Waals surface area contributed by atoms with E-state index < -0.39 is 0 Å². The van der Waals surface area contributed by atoms with Gasteiger partial charge in [0, 0.05) is 24.1 Å². The lowest BCUT2D eigenvalue weighted by Crippen LogP contribution is -2.25. The quantitative estimate of drug-likeness (QED) is 0.657. The van der Waals surface area contributed by atoms with Crippen LogP contribution in [0.5, 0.6) is 0 Å². The Morgan fingerprint density at radius 2 is 2.35 bits per heavy atom. The molecule has 0 saturated carbocycles. The molecule has 2 N–H and O–H groups in total. The van der Waals surface area contributed by atoms with Crippen molar-refractivity contribution in [1.29, 1.82) is 0 Å². The molecule has 3 nitrogen and oxygen atoms in total. The number of nitrogens with zero attached hydrogens (tertiary/aromatic N) is 1. The van der Waals surface area contributed by atoms with Gasteiger partial charge in [0.05, 0.1) is 0 Å². The average Bonchev–Trinajstić information content (AvgIpc) is 2.72. The second kappa shape index (κ2) is 5.56. The van der Waals surface area contributed by atoms with Gasteiger partial charge < -0.3 is 10.6 Å². The number of carbonyl (C=O) groups is 1. The third kappa shape index (κ3) is 2.82. The Morgan fingerprint density at radius 3 is 3.06 bits per heavy atom. The standard InChI is InChI=1S/C13H18N2OS/c1-10(16)15-7-5-11-9-12(3-4-13(11)15)17-8-2-6-14/h3-4,9H,2,5-8,14H2,1H3. The Bertz CT molecular complexity index is 420. The third-order valence-electron chi connectivity index (χ3n) is 2.94. The van der Waals surface area contributed by atoms with Crippen molar-refractivity contribution in [3.05, 3.63) is 23.8 Å². The number of fused-ring (bicyclic) bond motifs is 1. The fraction of sp³-hybridized carbons (Fsp3) is 0.462. The highest BCUT2D eigenvalue weighted by molar-refractivity contribution is 7.99. The summed E-state index contributed by atoms with van der Waals surface area (Å²) >= 11 is 1.84. The van der Waals surface area contributed by atoms with E-state index in [9.17, 15) is 4.79 Å². The molecule has 0 aliphatic carbocycles. The first kappa shape index (κ1) is 12.5. The van der Waals surface area contributed by atoms with E-state index in [-0.39, 0.29) is 5.91 Å². The van der Waals surface area contributed by atoms with Gasteiger partial charge in [-0.2, -0.15) is 0 Å².